The van der Waals surface area contributed by atoms with Crippen molar-refractivity contribution in [3.05, 3.63) is 108 Å². The maximum absolute atomic E-state index is 11.3. The van der Waals surface area contributed by atoms with E-state index in [0.717, 1.165) is 72.5 Å². The Bertz CT molecular complexity index is 2180. The quantitative estimate of drug-likeness (QED) is 0.127. The lowest BCUT2D eigenvalue weighted by Crippen LogP contribution is -2.14. The molecule has 4 aromatic carbocycles. The molecule has 3 aliphatic heterocycles. The van der Waals surface area contributed by atoms with Gasteiger partial charge in [-0.15, -0.1) is 0 Å². The highest BCUT2D eigenvalue weighted by molar-refractivity contribution is 6.06. The Labute approximate surface area is 350 Å². The first kappa shape index (κ1) is 42.3. The van der Waals surface area contributed by atoms with Crippen molar-refractivity contribution in [3.8, 4) is 45.5 Å². The fourth-order valence-electron chi connectivity index (χ4n) is 6.83. The zero-order valence-electron chi connectivity index (χ0n) is 34.5. The lowest BCUT2D eigenvalue weighted by Gasteiger charge is -2.13. The number of carbonyl (C=O) groups excluding carboxylic acids is 1. The summed E-state index contributed by atoms with van der Waals surface area (Å²) in [7, 11) is 0. The van der Waals surface area contributed by atoms with E-state index in [2.05, 4.69) is 38.1 Å². The maximum Gasteiger partial charge on any atom is 0.302 e. The molecular formula is C48H52N2O10. The predicted octanol–water partition coefficient (Wildman–Crippen LogP) is 8.13. The van der Waals surface area contributed by atoms with Crippen molar-refractivity contribution in [2.24, 2.45) is 0 Å². The van der Waals surface area contributed by atoms with Crippen LogP contribution in [0.4, 0.5) is 0 Å². The molecule has 3 aliphatic rings. The summed E-state index contributed by atoms with van der Waals surface area (Å²) in [6.07, 6.45) is 0.523. The lowest BCUT2D eigenvalue weighted by molar-refractivity contribution is -0.140. The van der Waals surface area contributed by atoms with E-state index in [1.165, 1.54) is 6.92 Å². The Morgan fingerprint density at radius 1 is 0.500 bits per heavy atom. The summed E-state index contributed by atoms with van der Waals surface area (Å²) in [4.78, 5) is 21.6. The van der Waals surface area contributed by atoms with E-state index in [0.29, 0.717) is 97.2 Å². The molecular weight excluding hydrogens is 765 g/mol. The molecule has 12 nitrogen and oxygen atoms in total. The van der Waals surface area contributed by atoms with Crippen LogP contribution in [0.3, 0.4) is 0 Å². The minimum atomic E-state index is -0.323. The smallest absolute Gasteiger partial charge is 0.302 e. The van der Waals surface area contributed by atoms with Gasteiger partial charge < -0.3 is 42.6 Å². The molecule has 10 bridgehead atoms. The second kappa shape index (κ2) is 21.5. The first-order valence-electron chi connectivity index (χ1n) is 20.4. The molecule has 5 heterocycles. The van der Waals surface area contributed by atoms with Crippen molar-refractivity contribution in [2.75, 3.05) is 85.9 Å². The Morgan fingerprint density at radius 2 is 0.883 bits per heavy atom. The second-order valence-corrected chi connectivity index (χ2v) is 14.3. The molecule has 0 atom stereocenters. The normalized spacial score (nSPS) is 15.2. The van der Waals surface area contributed by atoms with Crippen LogP contribution in [0.1, 0.15) is 23.6 Å². The zero-order valence-corrected chi connectivity index (χ0v) is 34.5. The number of rotatable bonds is 3. The van der Waals surface area contributed by atoms with E-state index < -0.39 is 0 Å². The molecule has 2 aromatic heterocycles. The average molecular weight is 817 g/mol. The summed E-state index contributed by atoms with van der Waals surface area (Å²) < 4.78 is 51.9. The molecule has 0 spiro atoms. The van der Waals surface area contributed by atoms with Gasteiger partial charge in [-0.2, -0.15) is 0 Å². The van der Waals surface area contributed by atoms with E-state index >= 15 is 0 Å². The van der Waals surface area contributed by atoms with E-state index in [4.69, 9.17) is 52.6 Å². The molecule has 0 radical (unpaired) electrons. The fraction of sp³-hybridized carbons (Fsp3) is 0.354. The largest absolute Gasteiger partial charge is 0.491 e. The molecule has 0 aliphatic carbocycles. The van der Waals surface area contributed by atoms with Crippen LogP contribution in [0.5, 0.6) is 23.0 Å². The molecule has 0 N–H and O–H groups in total. The number of fused-ring (bicyclic) bond motifs is 2. The first-order valence-corrected chi connectivity index (χ1v) is 20.4. The van der Waals surface area contributed by atoms with Gasteiger partial charge in [-0.05, 0) is 103 Å². The molecule has 0 amide bonds. The summed E-state index contributed by atoms with van der Waals surface area (Å²) in [6, 6.07) is 30.1. The van der Waals surface area contributed by atoms with Gasteiger partial charge in [0.15, 0.2) is 0 Å². The van der Waals surface area contributed by atoms with Crippen LogP contribution in [-0.4, -0.2) is 102 Å². The number of aryl methyl sites for hydroxylation is 2. The number of benzene rings is 4. The van der Waals surface area contributed by atoms with Gasteiger partial charge in [-0.1, -0.05) is 12.1 Å². The van der Waals surface area contributed by atoms with Crippen LogP contribution in [-0.2, 0) is 34.9 Å². The van der Waals surface area contributed by atoms with Crippen molar-refractivity contribution in [1.82, 2.24) is 9.97 Å². The van der Waals surface area contributed by atoms with Gasteiger partial charge in [0.05, 0.1) is 81.9 Å². The van der Waals surface area contributed by atoms with Crippen LogP contribution in [0, 0.1) is 13.8 Å². The number of nitrogens with zero attached hydrogens (tertiary/aromatic N) is 2. The number of pyridine rings is 2. The maximum atomic E-state index is 11.3. The third kappa shape index (κ3) is 11.9. The van der Waals surface area contributed by atoms with Crippen LogP contribution >= 0.6 is 0 Å². The minimum absolute atomic E-state index is 0.261. The Morgan fingerprint density at radius 3 is 1.28 bits per heavy atom. The van der Waals surface area contributed by atoms with Gasteiger partial charge in [0.1, 0.15) is 49.4 Å². The Kier molecular flexibility index (Phi) is 15.1. The molecule has 0 saturated carbocycles. The number of hydrogen-bond acceptors (Lipinski definition) is 12. The summed E-state index contributed by atoms with van der Waals surface area (Å²) in [5, 5.41) is 2.15. The highest BCUT2D eigenvalue weighted by Crippen LogP contribution is 2.33. The molecule has 6 aromatic rings. The third-order valence-corrected chi connectivity index (χ3v) is 9.84. The van der Waals surface area contributed by atoms with Crippen molar-refractivity contribution >= 4 is 27.8 Å². The van der Waals surface area contributed by atoms with Crippen molar-refractivity contribution in [3.63, 3.8) is 0 Å². The van der Waals surface area contributed by atoms with E-state index in [-0.39, 0.29) is 12.6 Å². The predicted molar refractivity (Wildman–Crippen MR) is 229 cm³/mol. The summed E-state index contributed by atoms with van der Waals surface area (Å²) in [5.41, 5.74) is 8.65. The zero-order chi connectivity index (χ0) is 41.5. The van der Waals surface area contributed by atoms with Crippen LogP contribution in [0.25, 0.3) is 44.3 Å². The fourth-order valence-corrected chi connectivity index (χ4v) is 6.83. The molecule has 0 fully saturated rings. The molecule has 9 rings (SSSR count). The molecule has 60 heavy (non-hydrogen) atoms. The minimum Gasteiger partial charge on any atom is -0.491 e. The number of aromatic nitrogens is 2. The Balaban J connectivity index is 1.02. The van der Waals surface area contributed by atoms with Gasteiger partial charge >= 0.3 is 5.97 Å². The van der Waals surface area contributed by atoms with Gasteiger partial charge in [0.2, 0.25) is 0 Å². The molecule has 314 valence electrons. The van der Waals surface area contributed by atoms with Crippen LogP contribution in [0.15, 0.2) is 91.0 Å². The average Bonchev–Trinajstić information content (AvgIpc) is 3.25. The molecule has 0 unspecified atom stereocenters. The third-order valence-electron chi connectivity index (χ3n) is 9.84. The van der Waals surface area contributed by atoms with E-state index in [1.807, 2.05) is 66.7 Å². The lowest BCUT2D eigenvalue weighted by atomic mass is 10.00. The number of esters is 1. The second-order valence-electron chi connectivity index (χ2n) is 14.3. The van der Waals surface area contributed by atoms with E-state index in [9.17, 15) is 4.79 Å². The van der Waals surface area contributed by atoms with Gasteiger partial charge in [-0.25, -0.2) is 9.97 Å². The SMILES string of the molecule is CC(=O)OCCc1cc2cc(c1)OCCOCCOCCOc1ccc(cc1)-c1cc(C)c3ccc4c(C)cc(nc4c3n1)-c1ccc(cc1)OCCOCCOCCO2. The number of ether oxygens (including phenoxy) is 9. The van der Waals surface area contributed by atoms with Crippen molar-refractivity contribution < 1.29 is 47.4 Å². The van der Waals surface area contributed by atoms with Crippen molar-refractivity contribution in [2.45, 2.75) is 27.2 Å². The monoisotopic (exact) mass is 816 g/mol. The highest BCUT2D eigenvalue weighted by atomic mass is 16.6. The first-order chi connectivity index (χ1) is 29.4. The summed E-state index contributed by atoms with van der Waals surface area (Å²) in [6.45, 7) is 10.7. The topological polar surface area (TPSA) is 126 Å². The summed E-state index contributed by atoms with van der Waals surface area (Å²) >= 11 is 0. The Hall–Kier alpha value is -5.79. The number of carbonyl (C=O) groups is 1. The van der Waals surface area contributed by atoms with Gasteiger partial charge in [-0.3, -0.25) is 4.79 Å². The number of hydrogen-bond donors (Lipinski definition) is 0. The van der Waals surface area contributed by atoms with Crippen LogP contribution in [0.2, 0.25) is 0 Å². The van der Waals surface area contributed by atoms with Crippen molar-refractivity contribution in [1.29, 1.82) is 0 Å². The van der Waals surface area contributed by atoms with Gasteiger partial charge in [0, 0.05) is 41.3 Å². The molecule has 12 heteroatoms. The van der Waals surface area contributed by atoms with Gasteiger partial charge in [0.25, 0.3) is 0 Å². The molecule has 0 saturated heterocycles. The standard InChI is InChI=1S/C48H52N2O10/c1-33-28-45-37-4-8-39(9-5-37)57-24-20-52-16-18-54-22-26-59-41-30-36(14-15-56-35(3)51)31-42(32-41)60-27-23-55-19-17-53-21-25-58-40-10-6-38(7-11-40)46-29-34(2)44-13-12-43(33)47(49-45)48(44)50-46/h4-13,28-32H,14-27H2,1-3H3. The highest BCUT2D eigenvalue weighted by Gasteiger charge is 2.14. The van der Waals surface area contributed by atoms with Crippen LogP contribution < -0.4 is 18.9 Å². The van der Waals surface area contributed by atoms with E-state index in [1.54, 1.807) is 0 Å². The summed E-state index contributed by atoms with van der Waals surface area (Å²) in [5.74, 6) is 2.45.